The Kier molecular flexibility index (Phi) is 31.6. The molecular weight excluding hydrogens is 1020 g/mol. The topological polar surface area (TPSA) is 29.5 Å². The number of ether oxygens (including phenoxy) is 1. The standard InChI is InChI=1S/C82H98O2/c1-6-11-23-30-67-35-45-72(46-36-67)55-60-77-78(61-56-73-47-37-68(38-48-73)31-24-12-7-2)80(63-58-75-51-41-70(42-52-75)33-26-14-9-4)82(84-66-29-22-20-18-16-17-19-21-28-65-83)81(64-59-76-53-43-71(44-54-76)34-27-15-10-5)79(77)62-57-74-49-39-69(40-50-74)32-25-13-8-3/h35-54,83H,6-34,65-66H2,1-5H3. The number of aliphatic hydroxyl groups is 1. The van der Waals surface area contributed by atoms with E-state index in [9.17, 15) is 5.11 Å². The Morgan fingerprint density at radius 3 is 0.726 bits per heavy atom. The molecule has 0 bridgehead atoms. The lowest BCUT2D eigenvalue weighted by Gasteiger charge is -2.17. The number of hydrogen-bond donors (Lipinski definition) is 1. The summed E-state index contributed by atoms with van der Waals surface area (Å²) in [5, 5.41) is 9.27. The summed E-state index contributed by atoms with van der Waals surface area (Å²) in [6.07, 6.45) is 33.1. The van der Waals surface area contributed by atoms with Gasteiger partial charge in [-0.3, -0.25) is 0 Å². The number of aliphatic hydroxyl groups excluding tert-OH is 1. The second-order valence-electron chi connectivity index (χ2n) is 23.0. The van der Waals surface area contributed by atoms with Crippen molar-refractivity contribution in [3.8, 4) is 65.0 Å². The summed E-state index contributed by atoms with van der Waals surface area (Å²) in [5.41, 5.74) is 14.7. The van der Waals surface area contributed by atoms with Gasteiger partial charge in [-0.1, -0.05) is 264 Å². The fourth-order valence-electron chi connectivity index (χ4n) is 10.5. The van der Waals surface area contributed by atoms with Gasteiger partial charge in [-0.25, -0.2) is 0 Å². The first-order valence-electron chi connectivity index (χ1n) is 33.0. The van der Waals surface area contributed by atoms with Crippen LogP contribution in [0.2, 0.25) is 0 Å². The van der Waals surface area contributed by atoms with Gasteiger partial charge < -0.3 is 9.84 Å². The van der Waals surface area contributed by atoms with Crippen molar-refractivity contribution in [3.63, 3.8) is 0 Å². The first-order valence-corrected chi connectivity index (χ1v) is 33.0. The van der Waals surface area contributed by atoms with Crippen LogP contribution in [0.15, 0.2) is 121 Å². The molecule has 0 aliphatic rings. The zero-order valence-corrected chi connectivity index (χ0v) is 52.3. The largest absolute Gasteiger partial charge is 0.491 e. The van der Waals surface area contributed by atoms with Gasteiger partial charge in [-0.2, -0.15) is 0 Å². The molecule has 438 valence electrons. The van der Waals surface area contributed by atoms with Crippen molar-refractivity contribution in [3.05, 3.63) is 205 Å². The van der Waals surface area contributed by atoms with Gasteiger partial charge in [-0.15, -0.1) is 0 Å². The normalized spacial score (nSPS) is 10.5. The molecule has 0 aliphatic heterocycles. The van der Waals surface area contributed by atoms with Gasteiger partial charge in [0.1, 0.15) is 0 Å². The number of rotatable bonds is 32. The summed E-state index contributed by atoms with van der Waals surface area (Å²) in [4.78, 5) is 0. The van der Waals surface area contributed by atoms with Crippen LogP contribution < -0.4 is 4.74 Å². The molecule has 2 nitrogen and oxygen atoms in total. The number of benzene rings is 6. The van der Waals surface area contributed by atoms with Gasteiger partial charge in [0, 0.05) is 34.4 Å². The Balaban J connectivity index is 1.63. The number of aryl methyl sites for hydroxylation is 5. The van der Waals surface area contributed by atoms with Gasteiger partial charge in [0.25, 0.3) is 0 Å². The maximum Gasteiger partial charge on any atom is 0.153 e. The van der Waals surface area contributed by atoms with Crippen molar-refractivity contribution >= 4 is 0 Å². The molecule has 6 rings (SSSR count). The van der Waals surface area contributed by atoms with Crippen LogP contribution in [0.4, 0.5) is 0 Å². The summed E-state index contributed by atoms with van der Waals surface area (Å²) in [6.45, 7) is 12.1. The molecule has 0 saturated heterocycles. The molecule has 0 amide bonds. The third kappa shape index (κ3) is 24.2. The van der Waals surface area contributed by atoms with Crippen LogP contribution in [0.1, 0.15) is 272 Å². The highest BCUT2D eigenvalue weighted by molar-refractivity contribution is 5.78. The van der Waals surface area contributed by atoms with Crippen LogP contribution in [0.3, 0.4) is 0 Å². The molecule has 0 radical (unpaired) electrons. The predicted molar refractivity (Wildman–Crippen MR) is 359 cm³/mol. The monoisotopic (exact) mass is 1110 g/mol. The Bertz CT molecular complexity index is 3000. The maximum atomic E-state index is 9.27. The average molecular weight is 1120 g/mol. The van der Waals surface area contributed by atoms with Crippen LogP contribution in [-0.2, 0) is 32.1 Å². The molecule has 84 heavy (non-hydrogen) atoms. The van der Waals surface area contributed by atoms with Crippen LogP contribution >= 0.6 is 0 Å². The van der Waals surface area contributed by atoms with Crippen molar-refractivity contribution in [2.75, 3.05) is 13.2 Å². The quantitative estimate of drug-likeness (QED) is 0.0337. The molecule has 2 heteroatoms. The van der Waals surface area contributed by atoms with Gasteiger partial charge in [0.05, 0.1) is 34.4 Å². The lowest BCUT2D eigenvalue weighted by molar-refractivity contribution is 0.282. The van der Waals surface area contributed by atoms with E-state index in [4.69, 9.17) is 4.74 Å². The van der Waals surface area contributed by atoms with Gasteiger partial charge in [0.15, 0.2) is 5.75 Å². The molecule has 0 atom stereocenters. The second-order valence-corrected chi connectivity index (χ2v) is 23.0. The van der Waals surface area contributed by atoms with E-state index in [1.165, 1.54) is 150 Å². The number of unbranched alkanes of at least 4 members (excludes halogenated alkanes) is 18. The van der Waals surface area contributed by atoms with E-state index >= 15 is 0 Å². The highest BCUT2D eigenvalue weighted by atomic mass is 16.5. The van der Waals surface area contributed by atoms with Crippen LogP contribution in [0, 0.1) is 59.2 Å². The van der Waals surface area contributed by atoms with Crippen molar-refractivity contribution in [2.24, 2.45) is 0 Å². The van der Waals surface area contributed by atoms with Crippen LogP contribution in [0.25, 0.3) is 0 Å². The molecule has 1 N–H and O–H groups in total. The predicted octanol–water partition coefficient (Wildman–Crippen LogP) is 20.2. The summed E-state index contributed by atoms with van der Waals surface area (Å²) >= 11 is 0. The summed E-state index contributed by atoms with van der Waals surface area (Å²) < 4.78 is 7.23. The van der Waals surface area contributed by atoms with E-state index < -0.39 is 0 Å². The Hall–Kier alpha value is -7.12. The van der Waals surface area contributed by atoms with Gasteiger partial charge in [-0.05, 0) is 166 Å². The molecule has 0 spiro atoms. The molecular formula is C82H98O2. The van der Waals surface area contributed by atoms with Crippen molar-refractivity contribution in [2.45, 2.75) is 221 Å². The van der Waals surface area contributed by atoms with Crippen molar-refractivity contribution in [1.29, 1.82) is 0 Å². The Morgan fingerprint density at radius 2 is 0.476 bits per heavy atom. The maximum absolute atomic E-state index is 9.27. The lowest BCUT2D eigenvalue weighted by Crippen LogP contribution is -2.08. The first-order chi connectivity index (χ1) is 41.4. The molecule has 0 heterocycles. The first kappa shape index (κ1) is 66.0. The van der Waals surface area contributed by atoms with E-state index in [0.29, 0.717) is 40.2 Å². The molecule has 0 fully saturated rings. The fourth-order valence-corrected chi connectivity index (χ4v) is 10.5. The Labute approximate surface area is 510 Å². The smallest absolute Gasteiger partial charge is 0.153 e. The van der Waals surface area contributed by atoms with Crippen molar-refractivity contribution < 1.29 is 9.84 Å². The molecule has 0 aliphatic carbocycles. The highest BCUT2D eigenvalue weighted by Gasteiger charge is 2.23. The Morgan fingerprint density at radius 1 is 0.250 bits per heavy atom. The molecule has 0 unspecified atom stereocenters. The summed E-state index contributed by atoms with van der Waals surface area (Å²) in [7, 11) is 0. The minimum atomic E-state index is 0.283. The zero-order chi connectivity index (χ0) is 59.1. The van der Waals surface area contributed by atoms with Gasteiger partial charge >= 0.3 is 0 Å². The molecule has 0 aromatic heterocycles. The summed E-state index contributed by atoms with van der Waals surface area (Å²) in [6, 6.07) is 43.9. The van der Waals surface area contributed by atoms with Gasteiger partial charge in [0.2, 0.25) is 0 Å². The van der Waals surface area contributed by atoms with E-state index in [-0.39, 0.29) is 6.61 Å². The van der Waals surface area contributed by atoms with E-state index in [1.807, 2.05) is 0 Å². The minimum absolute atomic E-state index is 0.283. The van der Waals surface area contributed by atoms with Crippen molar-refractivity contribution in [1.82, 2.24) is 0 Å². The van der Waals surface area contributed by atoms with E-state index in [2.05, 4.69) is 215 Å². The third-order valence-electron chi connectivity index (χ3n) is 15.8. The molecule has 6 aromatic carbocycles. The number of hydrogen-bond acceptors (Lipinski definition) is 2. The zero-order valence-electron chi connectivity index (χ0n) is 52.3. The van der Waals surface area contributed by atoms with E-state index in [1.54, 1.807) is 0 Å². The second kappa shape index (κ2) is 40.2. The summed E-state index contributed by atoms with van der Waals surface area (Å²) in [5.74, 6) is 37.4. The highest BCUT2D eigenvalue weighted by Crippen LogP contribution is 2.35. The van der Waals surface area contributed by atoms with Crippen LogP contribution in [-0.4, -0.2) is 18.3 Å². The molecule has 6 aromatic rings. The lowest BCUT2D eigenvalue weighted by atomic mass is 9.89. The van der Waals surface area contributed by atoms with Crippen LogP contribution in [0.5, 0.6) is 5.75 Å². The average Bonchev–Trinajstić information content (AvgIpc) is 1.86. The van der Waals surface area contributed by atoms with E-state index in [0.717, 1.165) is 92.0 Å². The minimum Gasteiger partial charge on any atom is -0.491 e. The third-order valence-corrected chi connectivity index (χ3v) is 15.8. The fraction of sp³-hybridized carbons (Fsp3) is 0.439. The SMILES string of the molecule is CCCCCc1ccc(C#Cc2c(C#Cc3ccc(CCCCC)cc3)c(C#Cc3ccc(CCCCC)cc3)c(OCCCCCCCCCCCO)c(C#Cc3ccc(CCCCC)cc3)c2C#Cc2ccc(CCCCC)cc2)cc1. The molecule has 0 saturated carbocycles.